The van der Waals surface area contributed by atoms with Crippen molar-refractivity contribution in [2.24, 2.45) is 11.3 Å². The minimum Gasteiger partial charge on any atom is -0.481 e. The van der Waals surface area contributed by atoms with E-state index in [2.05, 4.69) is 17.3 Å². The Morgan fingerprint density at radius 3 is 2.82 bits per heavy atom. The van der Waals surface area contributed by atoms with Gasteiger partial charge in [-0.2, -0.15) is 0 Å². The van der Waals surface area contributed by atoms with E-state index in [0.29, 0.717) is 6.54 Å². The molecule has 0 spiro atoms. The molecule has 1 aliphatic rings. The molecular weight excluding hydrogens is 216 g/mol. The zero-order valence-corrected chi connectivity index (χ0v) is 11.3. The number of carboxylic acid groups (broad SMARTS) is 1. The lowest BCUT2D eigenvalue weighted by molar-refractivity contribution is -0.146. The second-order valence-electron chi connectivity index (χ2n) is 5.92. The molecule has 1 fully saturated rings. The third kappa shape index (κ3) is 5.04. The highest BCUT2D eigenvalue weighted by atomic mass is 16.4. The van der Waals surface area contributed by atoms with Gasteiger partial charge in [-0.05, 0) is 59.2 Å². The van der Waals surface area contributed by atoms with E-state index < -0.39 is 11.4 Å². The van der Waals surface area contributed by atoms with Gasteiger partial charge in [-0.3, -0.25) is 4.79 Å². The van der Waals surface area contributed by atoms with Crippen molar-refractivity contribution >= 4 is 5.97 Å². The fraction of sp³-hybridized carbons (Fsp3) is 0.923. The minimum absolute atomic E-state index is 0.547. The topological polar surface area (TPSA) is 52.6 Å². The van der Waals surface area contributed by atoms with Gasteiger partial charge in [-0.1, -0.05) is 0 Å². The molecule has 0 aliphatic carbocycles. The molecule has 1 heterocycles. The number of hydrogen-bond donors (Lipinski definition) is 2. The summed E-state index contributed by atoms with van der Waals surface area (Å²) < 4.78 is 0. The van der Waals surface area contributed by atoms with Crippen LogP contribution in [0.4, 0.5) is 0 Å². The summed E-state index contributed by atoms with van der Waals surface area (Å²) in [5, 5.41) is 12.2. The molecule has 1 unspecified atom stereocenters. The lowest BCUT2D eigenvalue weighted by atomic mass is 9.93. The van der Waals surface area contributed by atoms with Gasteiger partial charge in [-0.25, -0.2) is 0 Å². The zero-order valence-electron chi connectivity index (χ0n) is 11.3. The van der Waals surface area contributed by atoms with Gasteiger partial charge < -0.3 is 15.3 Å². The van der Waals surface area contributed by atoms with Gasteiger partial charge in [0.15, 0.2) is 0 Å². The van der Waals surface area contributed by atoms with Crippen molar-refractivity contribution < 1.29 is 9.90 Å². The minimum atomic E-state index is -0.734. The van der Waals surface area contributed by atoms with E-state index in [1.807, 2.05) is 0 Å². The molecule has 0 amide bonds. The van der Waals surface area contributed by atoms with Crippen LogP contribution in [0, 0.1) is 11.3 Å². The van der Waals surface area contributed by atoms with Crippen LogP contribution in [0.2, 0.25) is 0 Å². The van der Waals surface area contributed by atoms with E-state index in [1.165, 1.54) is 25.9 Å². The first-order chi connectivity index (χ1) is 7.92. The van der Waals surface area contributed by atoms with Gasteiger partial charge in [0.05, 0.1) is 5.41 Å². The van der Waals surface area contributed by atoms with Crippen molar-refractivity contribution in [2.75, 3.05) is 33.2 Å². The number of likely N-dealkylation sites (tertiary alicyclic amines) is 1. The number of nitrogens with one attached hydrogen (secondary N) is 1. The number of rotatable bonds is 6. The molecule has 17 heavy (non-hydrogen) atoms. The van der Waals surface area contributed by atoms with Crippen LogP contribution in [0.1, 0.15) is 33.1 Å². The molecule has 0 radical (unpaired) electrons. The molecular formula is C13H26N2O2. The second-order valence-corrected chi connectivity index (χ2v) is 5.92. The highest BCUT2D eigenvalue weighted by Crippen LogP contribution is 2.18. The molecule has 1 atom stereocenters. The van der Waals surface area contributed by atoms with E-state index in [9.17, 15) is 4.79 Å². The summed E-state index contributed by atoms with van der Waals surface area (Å²) in [6.45, 7) is 7.40. The number of carboxylic acids is 1. The fourth-order valence-electron chi connectivity index (χ4n) is 2.29. The predicted molar refractivity (Wildman–Crippen MR) is 69.1 cm³/mol. The molecule has 0 aromatic rings. The van der Waals surface area contributed by atoms with Crippen LogP contribution in [-0.2, 0) is 4.79 Å². The Morgan fingerprint density at radius 2 is 2.24 bits per heavy atom. The zero-order chi connectivity index (χ0) is 12.9. The normalized spacial score (nSPS) is 22.6. The first kappa shape index (κ1) is 14.5. The number of hydrogen-bond acceptors (Lipinski definition) is 3. The maximum Gasteiger partial charge on any atom is 0.310 e. The summed E-state index contributed by atoms with van der Waals surface area (Å²) in [6, 6.07) is 0. The van der Waals surface area contributed by atoms with E-state index in [-0.39, 0.29) is 0 Å². The molecule has 0 aromatic carbocycles. The Bertz CT molecular complexity index is 254. The van der Waals surface area contributed by atoms with Crippen molar-refractivity contribution in [3.8, 4) is 0 Å². The Kier molecular flexibility index (Phi) is 5.40. The highest BCUT2D eigenvalue weighted by molar-refractivity contribution is 5.73. The second kappa shape index (κ2) is 6.36. The third-order valence-corrected chi connectivity index (χ3v) is 3.60. The lowest BCUT2D eigenvalue weighted by Gasteiger charge is -2.30. The Hall–Kier alpha value is -0.610. The van der Waals surface area contributed by atoms with Crippen LogP contribution >= 0.6 is 0 Å². The number of piperidine rings is 1. The molecule has 1 aliphatic heterocycles. The quantitative estimate of drug-likeness (QED) is 0.692. The summed E-state index contributed by atoms with van der Waals surface area (Å²) >= 11 is 0. The predicted octanol–water partition coefficient (Wildman–Crippen LogP) is 1.42. The van der Waals surface area contributed by atoms with Crippen molar-refractivity contribution in [3.63, 3.8) is 0 Å². The standard InChI is InChI=1S/C13H26N2O2/c1-13(2,12(16)17)10-14-7-6-11-5-4-8-15(3)9-11/h11,14H,4-10H2,1-3H3,(H,16,17). The van der Waals surface area contributed by atoms with Crippen LogP contribution in [0.5, 0.6) is 0 Å². The van der Waals surface area contributed by atoms with Gasteiger partial charge in [0.25, 0.3) is 0 Å². The number of aliphatic carboxylic acids is 1. The average Bonchev–Trinajstić information content (AvgIpc) is 2.24. The smallest absolute Gasteiger partial charge is 0.310 e. The highest BCUT2D eigenvalue weighted by Gasteiger charge is 2.26. The van der Waals surface area contributed by atoms with Crippen LogP contribution < -0.4 is 5.32 Å². The summed E-state index contributed by atoms with van der Waals surface area (Å²) in [7, 11) is 2.17. The summed E-state index contributed by atoms with van der Waals surface area (Å²) in [5.41, 5.74) is -0.663. The molecule has 0 bridgehead atoms. The lowest BCUT2D eigenvalue weighted by Crippen LogP contribution is -2.38. The largest absolute Gasteiger partial charge is 0.481 e. The van der Waals surface area contributed by atoms with Crippen molar-refractivity contribution in [1.29, 1.82) is 0 Å². The molecule has 2 N–H and O–H groups in total. The maximum absolute atomic E-state index is 10.9. The third-order valence-electron chi connectivity index (χ3n) is 3.60. The molecule has 100 valence electrons. The Morgan fingerprint density at radius 1 is 1.53 bits per heavy atom. The SMILES string of the molecule is CN1CCCC(CCNCC(C)(C)C(=O)O)C1. The van der Waals surface area contributed by atoms with Crippen LogP contribution in [0.3, 0.4) is 0 Å². The van der Waals surface area contributed by atoms with E-state index in [0.717, 1.165) is 18.9 Å². The monoisotopic (exact) mass is 242 g/mol. The van der Waals surface area contributed by atoms with E-state index in [1.54, 1.807) is 13.8 Å². The van der Waals surface area contributed by atoms with Crippen molar-refractivity contribution in [3.05, 3.63) is 0 Å². The van der Waals surface area contributed by atoms with Crippen LogP contribution in [-0.4, -0.2) is 49.2 Å². The van der Waals surface area contributed by atoms with Crippen LogP contribution in [0.25, 0.3) is 0 Å². The van der Waals surface area contributed by atoms with Gasteiger partial charge in [0.1, 0.15) is 0 Å². The summed E-state index contributed by atoms with van der Waals surface area (Å²) in [4.78, 5) is 13.3. The van der Waals surface area contributed by atoms with Crippen LogP contribution in [0.15, 0.2) is 0 Å². The Balaban J connectivity index is 2.13. The first-order valence-corrected chi connectivity index (χ1v) is 6.54. The van der Waals surface area contributed by atoms with Gasteiger partial charge in [0, 0.05) is 13.1 Å². The van der Waals surface area contributed by atoms with Gasteiger partial charge in [0.2, 0.25) is 0 Å². The van der Waals surface area contributed by atoms with E-state index >= 15 is 0 Å². The molecule has 4 heteroatoms. The van der Waals surface area contributed by atoms with Gasteiger partial charge >= 0.3 is 5.97 Å². The molecule has 1 rings (SSSR count). The van der Waals surface area contributed by atoms with E-state index in [4.69, 9.17) is 5.11 Å². The molecule has 4 nitrogen and oxygen atoms in total. The maximum atomic E-state index is 10.9. The number of nitrogens with zero attached hydrogens (tertiary/aromatic N) is 1. The Labute approximate surface area is 104 Å². The summed E-state index contributed by atoms with van der Waals surface area (Å²) in [6.07, 6.45) is 3.76. The van der Waals surface area contributed by atoms with Crippen molar-refractivity contribution in [2.45, 2.75) is 33.1 Å². The molecule has 0 saturated carbocycles. The first-order valence-electron chi connectivity index (χ1n) is 6.54. The number of carbonyl (C=O) groups is 1. The fourth-order valence-corrected chi connectivity index (χ4v) is 2.29. The summed E-state index contributed by atoms with van der Waals surface area (Å²) in [5.74, 6) is 0.0385. The van der Waals surface area contributed by atoms with Gasteiger partial charge in [-0.15, -0.1) is 0 Å². The molecule has 0 aromatic heterocycles. The average molecular weight is 242 g/mol. The van der Waals surface area contributed by atoms with Crippen molar-refractivity contribution in [1.82, 2.24) is 10.2 Å². The molecule has 1 saturated heterocycles.